The van der Waals surface area contributed by atoms with E-state index >= 15 is 0 Å². The molecule has 2 heterocycles. The number of amides is 1. The van der Waals surface area contributed by atoms with Crippen molar-refractivity contribution in [2.45, 2.75) is 65.0 Å². The van der Waals surface area contributed by atoms with Crippen molar-refractivity contribution in [2.75, 3.05) is 17.6 Å². The molecule has 5 nitrogen and oxygen atoms in total. The molecule has 3 N–H and O–H groups in total. The quantitative estimate of drug-likeness (QED) is 0.898. The summed E-state index contributed by atoms with van der Waals surface area (Å²) in [6, 6.07) is 0.340. The summed E-state index contributed by atoms with van der Waals surface area (Å²) in [5.74, 6) is 0.385. The molecule has 0 aromatic carbocycles. The monoisotopic (exact) mass is 310 g/mol. The lowest BCUT2D eigenvalue weighted by Crippen LogP contribution is -2.43. The van der Waals surface area contributed by atoms with E-state index in [4.69, 9.17) is 5.73 Å². The van der Waals surface area contributed by atoms with Gasteiger partial charge in [-0.3, -0.25) is 4.79 Å². The third-order valence-corrected chi connectivity index (χ3v) is 4.66. The van der Waals surface area contributed by atoms with Crippen molar-refractivity contribution in [3.8, 4) is 0 Å². The van der Waals surface area contributed by atoms with Crippen molar-refractivity contribution in [1.29, 1.82) is 0 Å². The van der Waals surface area contributed by atoms with E-state index in [9.17, 15) is 4.79 Å². The largest absolute Gasteiger partial charge is 0.382 e. The first-order valence-electron chi connectivity index (χ1n) is 7.67. The molecule has 1 fully saturated rings. The van der Waals surface area contributed by atoms with Crippen molar-refractivity contribution < 1.29 is 4.79 Å². The highest BCUT2D eigenvalue weighted by molar-refractivity contribution is 7.18. The molecule has 0 spiro atoms. The molecule has 118 valence electrons. The number of anilines is 2. The number of nitrogen functional groups attached to an aromatic ring is 1. The lowest BCUT2D eigenvalue weighted by molar-refractivity contribution is 0.0614. The van der Waals surface area contributed by atoms with Crippen LogP contribution in [0.5, 0.6) is 0 Å². The Morgan fingerprint density at radius 3 is 2.81 bits per heavy atom. The number of hydrogen-bond acceptors (Lipinski definition) is 5. The van der Waals surface area contributed by atoms with Gasteiger partial charge in [-0.05, 0) is 46.5 Å². The Bertz CT molecular complexity index is 506. The molecular formula is C15H26N4OS. The Kier molecular flexibility index (Phi) is 4.76. The normalized spacial score (nSPS) is 19.6. The molecule has 0 bridgehead atoms. The molecule has 1 aliphatic rings. The van der Waals surface area contributed by atoms with Gasteiger partial charge in [-0.1, -0.05) is 18.3 Å². The van der Waals surface area contributed by atoms with Crippen LogP contribution in [0.15, 0.2) is 0 Å². The Balaban J connectivity index is 2.18. The maximum absolute atomic E-state index is 12.8. The lowest BCUT2D eigenvalue weighted by atomic mass is 10.00. The van der Waals surface area contributed by atoms with Gasteiger partial charge in [-0.25, -0.2) is 4.98 Å². The van der Waals surface area contributed by atoms with Crippen molar-refractivity contribution in [2.24, 2.45) is 0 Å². The maximum Gasteiger partial charge on any atom is 0.268 e. The molecule has 1 unspecified atom stereocenters. The van der Waals surface area contributed by atoms with E-state index in [1.165, 1.54) is 17.8 Å². The Morgan fingerprint density at radius 1 is 1.48 bits per heavy atom. The van der Waals surface area contributed by atoms with Gasteiger partial charge in [0.2, 0.25) is 0 Å². The van der Waals surface area contributed by atoms with Crippen LogP contribution in [0.25, 0.3) is 0 Å². The Labute approximate surface area is 130 Å². The number of nitrogens with zero attached hydrogens (tertiary/aromatic N) is 2. The molecule has 1 atom stereocenters. The van der Waals surface area contributed by atoms with Crippen molar-refractivity contribution in [3.05, 3.63) is 4.88 Å². The average Bonchev–Trinajstić information content (AvgIpc) is 2.76. The number of carbonyl (C=O) groups excluding carboxylic acids is 1. The van der Waals surface area contributed by atoms with E-state index in [1.807, 2.05) is 4.90 Å². The lowest BCUT2D eigenvalue weighted by Gasteiger charge is -2.35. The topological polar surface area (TPSA) is 71.2 Å². The van der Waals surface area contributed by atoms with E-state index in [2.05, 4.69) is 38.0 Å². The standard InChI is InChI=1S/C15H26N4OS/c1-5-10-8-6-7-9-19(10)13(20)11-12(16)17-14(21-11)18-15(2,3)4/h10H,5-9,16H2,1-4H3,(H,17,18). The van der Waals surface area contributed by atoms with Gasteiger partial charge in [0.25, 0.3) is 5.91 Å². The summed E-state index contributed by atoms with van der Waals surface area (Å²) in [5.41, 5.74) is 5.87. The van der Waals surface area contributed by atoms with E-state index in [0.717, 1.165) is 25.8 Å². The van der Waals surface area contributed by atoms with Crippen LogP contribution in [0.2, 0.25) is 0 Å². The Hall–Kier alpha value is -1.30. The fourth-order valence-electron chi connectivity index (χ4n) is 2.68. The number of nitrogens with one attached hydrogen (secondary N) is 1. The molecule has 1 aliphatic heterocycles. The highest BCUT2D eigenvalue weighted by atomic mass is 32.1. The van der Waals surface area contributed by atoms with Crippen LogP contribution < -0.4 is 11.1 Å². The number of nitrogens with two attached hydrogens (primary N) is 1. The molecule has 1 aromatic heterocycles. The number of likely N-dealkylation sites (tertiary alicyclic amines) is 1. The van der Waals surface area contributed by atoms with Crippen LogP contribution in [0, 0.1) is 0 Å². The smallest absolute Gasteiger partial charge is 0.268 e. The second-order valence-corrected chi connectivity index (χ2v) is 7.66. The molecule has 2 rings (SSSR count). The van der Waals surface area contributed by atoms with Crippen molar-refractivity contribution in [1.82, 2.24) is 9.88 Å². The van der Waals surface area contributed by atoms with E-state index < -0.39 is 0 Å². The fourth-order valence-corrected chi connectivity index (χ4v) is 3.73. The van der Waals surface area contributed by atoms with E-state index in [0.29, 0.717) is 21.9 Å². The molecule has 0 radical (unpaired) electrons. The zero-order valence-electron chi connectivity index (χ0n) is 13.4. The summed E-state index contributed by atoms with van der Waals surface area (Å²) >= 11 is 1.36. The van der Waals surface area contributed by atoms with Crippen molar-refractivity contribution >= 4 is 28.2 Å². The summed E-state index contributed by atoms with van der Waals surface area (Å²) in [7, 11) is 0. The van der Waals surface area contributed by atoms with Gasteiger partial charge in [-0.2, -0.15) is 0 Å². The van der Waals surface area contributed by atoms with Crippen LogP contribution in [-0.2, 0) is 0 Å². The summed E-state index contributed by atoms with van der Waals surface area (Å²) in [4.78, 5) is 19.6. The van der Waals surface area contributed by atoms with Gasteiger partial charge in [0.15, 0.2) is 5.13 Å². The first-order valence-corrected chi connectivity index (χ1v) is 8.49. The molecule has 21 heavy (non-hydrogen) atoms. The average molecular weight is 310 g/mol. The molecule has 6 heteroatoms. The second-order valence-electron chi connectivity index (χ2n) is 6.66. The molecule has 1 aromatic rings. The minimum absolute atomic E-state index is 0.0403. The highest BCUT2D eigenvalue weighted by Gasteiger charge is 2.29. The number of aromatic nitrogens is 1. The molecule has 1 saturated heterocycles. The fraction of sp³-hybridized carbons (Fsp3) is 0.733. The van der Waals surface area contributed by atoms with Gasteiger partial charge in [0.1, 0.15) is 10.7 Å². The first-order chi connectivity index (χ1) is 9.81. The number of piperidine rings is 1. The van der Waals surface area contributed by atoms with Gasteiger partial charge in [-0.15, -0.1) is 0 Å². The third-order valence-electron chi connectivity index (χ3n) is 3.69. The zero-order valence-corrected chi connectivity index (χ0v) is 14.2. The minimum Gasteiger partial charge on any atom is -0.382 e. The first kappa shape index (κ1) is 16.1. The maximum atomic E-state index is 12.8. The molecular weight excluding hydrogens is 284 g/mol. The number of rotatable bonds is 3. The zero-order chi connectivity index (χ0) is 15.6. The molecule has 0 saturated carbocycles. The summed E-state index contributed by atoms with van der Waals surface area (Å²) in [5, 5.41) is 4.00. The van der Waals surface area contributed by atoms with Gasteiger partial charge in [0.05, 0.1) is 0 Å². The van der Waals surface area contributed by atoms with Gasteiger partial charge < -0.3 is 16.0 Å². The summed E-state index contributed by atoms with van der Waals surface area (Å²) < 4.78 is 0. The molecule has 1 amide bonds. The Morgan fingerprint density at radius 2 is 2.19 bits per heavy atom. The summed E-state index contributed by atoms with van der Waals surface area (Å²) in [6.07, 6.45) is 4.37. The molecule has 0 aliphatic carbocycles. The number of hydrogen-bond donors (Lipinski definition) is 2. The summed E-state index contributed by atoms with van der Waals surface area (Å²) in [6.45, 7) is 9.15. The predicted molar refractivity (Wildman–Crippen MR) is 88.9 cm³/mol. The SMILES string of the molecule is CCC1CCCCN1C(=O)c1sc(NC(C)(C)C)nc1N. The van der Waals surface area contributed by atoms with Crippen LogP contribution in [0.1, 0.15) is 63.0 Å². The van der Waals surface area contributed by atoms with Crippen molar-refractivity contribution in [3.63, 3.8) is 0 Å². The number of thiazole rings is 1. The van der Waals surface area contributed by atoms with Crippen LogP contribution in [-0.4, -0.2) is 33.9 Å². The predicted octanol–water partition coefficient (Wildman–Crippen LogP) is 3.34. The minimum atomic E-state index is -0.0955. The van der Waals surface area contributed by atoms with E-state index in [-0.39, 0.29) is 11.4 Å². The van der Waals surface area contributed by atoms with E-state index in [1.54, 1.807) is 0 Å². The van der Waals surface area contributed by atoms with Gasteiger partial charge >= 0.3 is 0 Å². The van der Waals surface area contributed by atoms with Crippen LogP contribution >= 0.6 is 11.3 Å². The van der Waals surface area contributed by atoms with Crippen LogP contribution in [0.3, 0.4) is 0 Å². The van der Waals surface area contributed by atoms with Gasteiger partial charge in [0, 0.05) is 18.1 Å². The number of carbonyl (C=O) groups is 1. The third kappa shape index (κ3) is 3.87. The highest BCUT2D eigenvalue weighted by Crippen LogP contribution is 2.30. The van der Waals surface area contributed by atoms with Crippen LogP contribution in [0.4, 0.5) is 10.9 Å². The second kappa shape index (κ2) is 6.22.